The fraction of sp³-hybridized carbons (Fsp3) is 0. The first kappa shape index (κ1) is 13.7. The first-order valence-corrected chi connectivity index (χ1v) is 6.29. The topological polar surface area (TPSA) is 12.9 Å². The zero-order chi connectivity index (χ0) is 12.9. The highest BCUT2D eigenvalue weighted by atomic mass is 35.5. The highest BCUT2D eigenvalue weighted by molar-refractivity contribution is 6.55. The molecule has 0 saturated carbocycles. The molecule has 0 aliphatic carbocycles. The van der Waals surface area contributed by atoms with Gasteiger partial charge in [-0.15, -0.1) is 0 Å². The van der Waals surface area contributed by atoms with Gasteiger partial charge in [0.2, 0.25) is 0 Å². The van der Waals surface area contributed by atoms with Crippen molar-refractivity contribution in [2.45, 2.75) is 0 Å². The molecule has 1 heterocycles. The predicted molar refractivity (Wildman–Crippen MR) is 71.8 cm³/mol. The van der Waals surface area contributed by atoms with Gasteiger partial charge in [0.1, 0.15) is 5.02 Å². The molecular formula is C9Cl6FN. The third kappa shape index (κ3) is 2.05. The van der Waals surface area contributed by atoms with Gasteiger partial charge >= 0.3 is 0 Å². The number of fused-ring (bicyclic) bond motifs is 1. The number of rotatable bonds is 0. The summed E-state index contributed by atoms with van der Waals surface area (Å²) >= 11 is 34.7. The van der Waals surface area contributed by atoms with E-state index in [2.05, 4.69) is 4.98 Å². The van der Waals surface area contributed by atoms with E-state index in [0.29, 0.717) is 0 Å². The molecule has 0 radical (unpaired) electrons. The maximum atomic E-state index is 13.9. The van der Waals surface area contributed by atoms with Crippen LogP contribution >= 0.6 is 69.6 Å². The van der Waals surface area contributed by atoms with Gasteiger partial charge < -0.3 is 0 Å². The summed E-state index contributed by atoms with van der Waals surface area (Å²) in [5, 5.41) is -0.918. The minimum atomic E-state index is -0.841. The Morgan fingerprint density at radius 3 is 1.82 bits per heavy atom. The second kappa shape index (κ2) is 4.76. The van der Waals surface area contributed by atoms with Crippen molar-refractivity contribution in [3.63, 3.8) is 0 Å². The van der Waals surface area contributed by atoms with Gasteiger partial charge in [0.05, 0.1) is 31.0 Å². The van der Waals surface area contributed by atoms with Crippen molar-refractivity contribution in [1.29, 1.82) is 0 Å². The van der Waals surface area contributed by atoms with Gasteiger partial charge in [0.25, 0.3) is 0 Å². The number of aromatic nitrogens is 1. The summed E-state index contributed by atoms with van der Waals surface area (Å²) in [6.45, 7) is 0. The zero-order valence-electron chi connectivity index (χ0n) is 7.59. The van der Waals surface area contributed by atoms with E-state index >= 15 is 0 Å². The largest absolute Gasteiger partial charge is 0.233 e. The van der Waals surface area contributed by atoms with Crippen LogP contribution in [0, 0.1) is 5.82 Å². The molecule has 8 heteroatoms. The van der Waals surface area contributed by atoms with Crippen LogP contribution in [0.4, 0.5) is 4.39 Å². The molecule has 90 valence electrons. The van der Waals surface area contributed by atoms with E-state index in [4.69, 9.17) is 69.6 Å². The number of pyridine rings is 1. The van der Waals surface area contributed by atoms with Gasteiger partial charge in [-0.25, -0.2) is 9.37 Å². The highest BCUT2D eigenvalue weighted by Gasteiger charge is 2.22. The lowest BCUT2D eigenvalue weighted by atomic mass is 10.2. The number of halogens is 7. The molecule has 17 heavy (non-hydrogen) atoms. The molecule has 0 bridgehead atoms. The fourth-order valence-corrected chi connectivity index (χ4v) is 2.55. The molecule has 0 aliphatic rings. The van der Waals surface area contributed by atoms with E-state index in [1.807, 2.05) is 0 Å². The molecular weight excluding hydrogens is 354 g/mol. The molecule has 2 rings (SSSR count). The maximum absolute atomic E-state index is 13.9. The third-order valence-electron chi connectivity index (χ3n) is 2.05. The lowest BCUT2D eigenvalue weighted by molar-refractivity contribution is 0.639. The van der Waals surface area contributed by atoms with Crippen LogP contribution in [0.2, 0.25) is 30.3 Å². The first-order valence-electron chi connectivity index (χ1n) is 4.02. The standard InChI is InChI=1S/C9Cl6FN/c10-2-1-7(16)6(14)9(15)17-8(1)5(13)4(12)3(2)11. The molecule has 0 amide bonds. The molecule has 0 fully saturated rings. The second-order valence-electron chi connectivity index (χ2n) is 3.01. The molecule has 0 atom stereocenters. The lowest BCUT2D eigenvalue weighted by Crippen LogP contribution is -1.92. The number of nitrogens with zero attached hydrogens (tertiary/aromatic N) is 1. The van der Waals surface area contributed by atoms with Crippen LogP contribution in [0.3, 0.4) is 0 Å². The highest BCUT2D eigenvalue weighted by Crippen LogP contribution is 2.45. The summed E-state index contributed by atoms with van der Waals surface area (Å²) in [5.41, 5.74) is 0.0120. The van der Waals surface area contributed by atoms with Crippen LogP contribution in [0.15, 0.2) is 0 Å². The Bertz CT molecular complexity index is 633. The number of hydrogen-bond donors (Lipinski definition) is 0. The van der Waals surface area contributed by atoms with Crippen LogP contribution in [0.5, 0.6) is 0 Å². The van der Waals surface area contributed by atoms with Gasteiger partial charge in [0.15, 0.2) is 11.0 Å². The Morgan fingerprint density at radius 1 is 0.706 bits per heavy atom. The molecule has 0 saturated heterocycles. The molecule has 0 aliphatic heterocycles. The van der Waals surface area contributed by atoms with Gasteiger partial charge in [-0.1, -0.05) is 69.6 Å². The average molecular weight is 354 g/mol. The van der Waals surface area contributed by atoms with E-state index in [-0.39, 0.29) is 41.2 Å². The smallest absolute Gasteiger partial charge is 0.155 e. The van der Waals surface area contributed by atoms with E-state index in [0.717, 1.165) is 0 Å². The number of hydrogen-bond acceptors (Lipinski definition) is 1. The minimum Gasteiger partial charge on any atom is -0.233 e. The van der Waals surface area contributed by atoms with Crippen molar-refractivity contribution in [3.05, 3.63) is 36.1 Å². The summed E-state index contributed by atoms with van der Waals surface area (Å²) in [4.78, 5) is 3.83. The van der Waals surface area contributed by atoms with Crippen LogP contribution < -0.4 is 0 Å². The van der Waals surface area contributed by atoms with E-state index < -0.39 is 5.82 Å². The van der Waals surface area contributed by atoms with Crippen LogP contribution in [-0.2, 0) is 0 Å². The molecule has 0 N–H and O–H groups in total. The summed E-state index contributed by atoms with van der Waals surface area (Å²) in [5.74, 6) is -0.841. The zero-order valence-corrected chi connectivity index (χ0v) is 12.1. The predicted octanol–water partition coefficient (Wildman–Crippen LogP) is 6.29. The van der Waals surface area contributed by atoms with Gasteiger partial charge in [0, 0.05) is 0 Å². The average Bonchev–Trinajstić information content (AvgIpc) is 2.30. The number of benzene rings is 1. The van der Waals surface area contributed by atoms with Crippen LogP contribution in [-0.4, -0.2) is 4.98 Å². The van der Waals surface area contributed by atoms with Crippen LogP contribution in [0.1, 0.15) is 0 Å². The van der Waals surface area contributed by atoms with Crippen LogP contribution in [0.25, 0.3) is 10.9 Å². The minimum absolute atomic E-state index is 0.0120. The Hall–Kier alpha value is 0.300. The van der Waals surface area contributed by atoms with E-state index in [1.165, 1.54) is 0 Å². The quantitative estimate of drug-likeness (QED) is 0.308. The van der Waals surface area contributed by atoms with Crippen molar-refractivity contribution >= 4 is 80.5 Å². The SMILES string of the molecule is Fc1c(Cl)c(Cl)nc2c(Cl)c(Cl)c(Cl)c(Cl)c12. The molecule has 1 aromatic heterocycles. The van der Waals surface area contributed by atoms with E-state index in [1.54, 1.807) is 0 Å². The van der Waals surface area contributed by atoms with Gasteiger partial charge in [-0.05, 0) is 0 Å². The Morgan fingerprint density at radius 2 is 1.24 bits per heavy atom. The van der Waals surface area contributed by atoms with Gasteiger partial charge in [-0.3, -0.25) is 0 Å². The van der Waals surface area contributed by atoms with Crippen molar-refractivity contribution in [2.75, 3.05) is 0 Å². The third-order valence-corrected chi connectivity index (χ3v) is 4.55. The molecule has 1 nitrogen and oxygen atoms in total. The molecule has 0 unspecified atom stereocenters. The van der Waals surface area contributed by atoms with Crippen molar-refractivity contribution in [1.82, 2.24) is 4.98 Å². The second-order valence-corrected chi connectivity index (χ2v) is 5.26. The molecule has 2 aromatic rings. The lowest BCUT2D eigenvalue weighted by Gasteiger charge is -2.10. The summed E-state index contributed by atoms with van der Waals surface area (Å²) in [6.07, 6.45) is 0. The Kier molecular flexibility index (Phi) is 3.85. The summed E-state index contributed by atoms with van der Waals surface area (Å²) in [6, 6.07) is 0. The normalized spacial score (nSPS) is 11.2. The maximum Gasteiger partial charge on any atom is 0.155 e. The van der Waals surface area contributed by atoms with Gasteiger partial charge in [-0.2, -0.15) is 0 Å². The Balaban J connectivity index is 3.12. The monoisotopic (exact) mass is 351 g/mol. The fourth-order valence-electron chi connectivity index (χ4n) is 1.27. The summed E-state index contributed by atoms with van der Waals surface area (Å²) in [7, 11) is 0. The van der Waals surface area contributed by atoms with E-state index in [9.17, 15) is 4.39 Å². The molecule has 1 aromatic carbocycles. The molecule has 0 spiro atoms. The van der Waals surface area contributed by atoms with Crippen molar-refractivity contribution in [3.8, 4) is 0 Å². The van der Waals surface area contributed by atoms with Crippen molar-refractivity contribution < 1.29 is 4.39 Å². The van der Waals surface area contributed by atoms with Crippen molar-refractivity contribution in [2.24, 2.45) is 0 Å². The Labute approximate surface area is 125 Å². The first-order chi connectivity index (χ1) is 7.86. The summed E-state index contributed by atoms with van der Waals surface area (Å²) < 4.78 is 13.9.